The van der Waals surface area contributed by atoms with E-state index in [0.717, 1.165) is 12.5 Å². The number of hydrogen-bond donors (Lipinski definition) is 0. The number of hydrogen-bond acceptors (Lipinski definition) is 2. The standard InChI is InChI=1S/C13H23N3/c1-4-16-10-14-15-12(16)13(9-11(2)3)7-5-6-8-13/h10-11H,4-9H2,1-3H3. The van der Waals surface area contributed by atoms with Crippen molar-refractivity contribution in [2.45, 2.75) is 64.8 Å². The van der Waals surface area contributed by atoms with E-state index in [4.69, 9.17) is 0 Å². The second-order valence-electron chi connectivity index (χ2n) is 5.53. The molecular weight excluding hydrogens is 198 g/mol. The van der Waals surface area contributed by atoms with Crippen molar-refractivity contribution in [2.24, 2.45) is 5.92 Å². The summed E-state index contributed by atoms with van der Waals surface area (Å²) in [5.41, 5.74) is 0.320. The molecule has 3 nitrogen and oxygen atoms in total. The van der Waals surface area contributed by atoms with Gasteiger partial charge in [0.2, 0.25) is 0 Å². The van der Waals surface area contributed by atoms with Gasteiger partial charge in [-0.15, -0.1) is 10.2 Å². The number of aromatic nitrogens is 3. The smallest absolute Gasteiger partial charge is 0.139 e. The van der Waals surface area contributed by atoms with Crippen LogP contribution < -0.4 is 0 Å². The molecular formula is C13H23N3. The summed E-state index contributed by atoms with van der Waals surface area (Å²) < 4.78 is 2.23. The van der Waals surface area contributed by atoms with E-state index in [2.05, 4.69) is 35.5 Å². The Kier molecular flexibility index (Phi) is 3.31. The van der Waals surface area contributed by atoms with E-state index in [0.29, 0.717) is 5.41 Å². The molecule has 1 fully saturated rings. The number of rotatable bonds is 4. The van der Waals surface area contributed by atoms with Crippen LogP contribution in [0.2, 0.25) is 0 Å². The lowest BCUT2D eigenvalue weighted by Gasteiger charge is -2.30. The first-order chi connectivity index (χ1) is 7.68. The van der Waals surface area contributed by atoms with Gasteiger partial charge < -0.3 is 4.57 Å². The van der Waals surface area contributed by atoms with Crippen LogP contribution in [0.1, 0.15) is 58.7 Å². The Bertz CT molecular complexity index is 335. The van der Waals surface area contributed by atoms with Crippen molar-refractivity contribution < 1.29 is 0 Å². The molecule has 90 valence electrons. The van der Waals surface area contributed by atoms with E-state index in [-0.39, 0.29) is 0 Å². The molecule has 0 radical (unpaired) electrons. The minimum atomic E-state index is 0.320. The number of nitrogens with zero attached hydrogens (tertiary/aromatic N) is 3. The Balaban J connectivity index is 2.31. The molecule has 0 bridgehead atoms. The van der Waals surface area contributed by atoms with Crippen LogP contribution >= 0.6 is 0 Å². The molecule has 1 aromatic rings. The quantitative estimate of drug-likeness (QED) is 0.782. The molecule has 0 unspecified atom stereocenters. The van der Waals surface area contributed by atoms with Crippen molar-refractivity contribution >= 4 is 0 Å². The second kappa shape index (κ2) is 4.56. The zero-order valence-electron chi connectivity index (χ0n) is 10.7. The van der Waals surface area contributed by atoms with Gasteiger partial charge in [0.05, 0.1) is 0 Å². The summed E-state index contributed by atoms with van der Waals surface area (Å²) in [6, 6.07) is 0. The van der Waals surface area contributed by atoms with Crippen LogP contribution in [0.3, 0.4) is 0 Å². The zero-order chi connectivity index (χ0) is 11.6. The number of aryl methyl sites for hydroxylation is 1. The van der Waals surface area contributed by atoms with Crippen molar-refractivity contribution in [3.8, 4) is 0 Å². The van der Waals surface area contributed by atoms with Gasteiger partial charge in [0.1, 0.15) is 12.2 Å². The molecule has 0 N–H and O–H groups in total. The van der Waals surface area contributed by atoms with Crippen LogP contribution in [0.25, 0.3) is 0 Å². The molecule has 1 saturated carbocycles. The van der Waals surface area contributed by atoms with Crippen molar-refractivity contribution in [1.29, 1.82) is 0 Å². The van der Waals surface area contributed by atoms with Gasteiger partial charge in [-0.1, -0.05) is 26.7 Å². The largest absolute Gasteiger partial charge is 0.317 e. The van der Waals surface area contributed by atoms with Crippen molar-refractivity contribution in [3.63, 3.8) is 0 Å². The maximum Gasteiger partial charge on any atom is 0.139 e. The highest BCUT2D eigenvalue weighted by atomic mass is 15.3. The first kappa shape index (κ1) is 11.6. The summed E-state index contributed by atoms with van der Waals surface area (Å²) in [6.07, 6.45) is 8.43. The Labute approximate surface area is 98.3 Å². The molecule has 16 heavy (non-hydrogen) atoms. The summed E-state index contributed by atoms with van der Waals surface area (Å²) in [7, 11) is 0. The summed E-state index contributed by atoms with van der Waals surface area (Å²) >= 11 is 0. The van der Waals surface area contributed by atoms with Crippen LogP contribution in [-0.4, -0.2) is 14.8 Å². The average Bonchev–Trinajstić information content (AvgIpc) is 2.84. The fourth-order valence-corrected chi connectivity index (χ4v) is 3.25. The van der Waals surface area contributed by atoms with Crippen molar-refractivity contribution in [3.05, 3.63) is 12.2 Å². The summed E-state index contributed by atoms with van der Waals surface area (Å²) in [5.74, 6) is 1.97. The summed E-state index contributed by atoms with van der Waals surface area (Å²) in [6.45, 7) is 7.78. The highest BCUT2D eigenvalue weighted by Crippen LogP contribution is 2.44. The lowest BCUT2D eigenvalue weighted by molar-refractivity contribution is 0.317. The molecule has 1 aliphatic rings. The van der Waals surface area contributed by atoms with E-state index in [1.165, 1.54) is 37.9 Å². The minimum absolute atomic E-state index is 0.320. The molecule has 1 aliphatic carbocycles. The summed E-state index contributed by atoms with van der Waals surface area (Å²) in [4.78, 5) is 0. The van der Waals surface area contributed by atoms with Crippen molar-refractivity contribution in [1.82, 2.24) is 14.8 Å². The first-order valence-electron chi connectivity index (χ1n) is 6.56. The highest BCUT2D eigenvalue weighted by molar-refractivity contribution is 5.11. The van der Waals surface area contributed by atoms with E-state index < -0.39 is 0 Å². The first-order valence-corrected chi connectivity index (χ1v) is 6.56. The van der Waals surface area contributed by atoms with Gasteiger partial charge in [-0.3, -0.25) is 0 Å². The molecule has 0 amide bonds. The van der Waals surface area contributed by atoms with Crippen LogP contribution in [0.5, 0.6) is 0 Å². The Morgan fingerprint density at radius 2 is 2.06 bits per heavy atom. The topological polar surface area (TPSA) is 30.7 Å². The third-order valence-corrected chi connectivity index (χ3v) is 3.79. The maximum absolute atomic E-state index is 4.41. The average molecular weight is 221 g/mol. The zero-order valence-corrected chi connectivity index (χ0v) is 10.7. The Hall–Kier alpha value is -0.860. The van der Waals surface area contributed by atoms with Crippen LogP contribution in [0.4, 0.5) is 0 Å². The monoisotopic (exact) mass is 221 g/mol. The predicted molar refractivity (Wildman–Crippen MR) is 65.3 cm³/mol. The predicted octanol–water partition coefficient (Wildman–Crippen LogP) is 3.16. The Morgan fingerprint density at radius 1 is 1.38 bits per heavy atom. The van der Waals surface area contributed by atoms with Crippen LogP contribution in [-0.2, 0) is 12.0 Å². The van der Waals surface area contributed by atoms with Crippen molar-refractivity contribution in [2.75, 3.05) is 0 Å². The highest BCUT2D eigenvalue weighted by Gasteiger charge is 2.39. The summed E-state index contributed by atoms with van der Waals surface area (Å²) in [5, 5.41) is 8.51. The van der Waals surface area contributed by atoms with E-state index in [9.17, 15) is 0 Å². The van der Waals surface area contributed by atoms with Gasteiger partial charge in [0.25, 0.3) is 0 Å². The SMILES string of the molecule is CCn1cnnc1C1(CC(C)C)CCCC1. The molecule has 1 heterocycles. The third-order valence-electron chi connectivity index (χ3n) is 3.79. The molecule has 0 spiro atoms. The lowest BCUT2D eigenvalue weighted by atomic mass is 9.77. The van der Waals surface area contributed by atoms with Gasteiger partial charge in [-0.05, 0) is 32.1 Å². The Morgan fingerprint density at radius 3 is 2.62 bits per heavy atom. The molecule has 3 heteroatoms. The molecule has 2 rings (SSSR count). The van der Waals surface area contributed by atoms with E-state index in [1.807, 2.05) is 6.33 Å². The van der Waals surface area contributed by atoms with Gasteiger partial charge in [-0.2, -0.15) is 0 Å². The third kappa shape index (κ3) is 2.00. The fraction of sp³-hybridized carbons (Fsp3) is 0.846. The van der Waals surface area contributed by atoms with Crippen LogP contribution in [0.15, 0.2) is 6.33 Å². The van der Waals surface area contributed by atoms with Gasteiger partial charge in [0.15, 0.2) is 0 Å². The fourth-order valence-electron chi connectivity index (χ4n) is 3.25. The molecule has 0 aliphatic heterocycles. The molecule has 0 aromatic carbocycles. The van der Waals surface area contributed by atoms with E-state index in [1.54, 1.807) is 0 Å². The normalized spacial score (nSPS) is 19.5. The molecule has 0 atom stereocenters. The lowest BCUT2D eigenvalue weighted by Crippen LogP contribution is -2.28. The van der Waals surface area contributed by atoms with Gasteiger partial charge in [-0.25, -0.2) is 0 Å². The van der Waals surface area contributed by atoms with Crippen LogP contribution in [0, 0.1) is 5.92 Å². The molecule has 1 aromatic heterocycles. The van der Waals surface area contributed by atoms with Gasteiger partial charge in [0, 0.05) is 12.0 Å². The maximum atomic E-state index is 4.41. The molecule has 0 saturated heterocycles. The minimum Gasteiger partial charge on any atom is -0.317 e. The van der Waals surface area contributed by atoms with Gasteiger partial charge >= 0.3 is 0 Å². The van der Waals surface area contributed by atoms with E-state index >= 15 is 0 Å². The second-order valence-corrected chi connectivity index (χ2v) is 5.53.